The molecule has 0 saturated heterocycles. The first-order valence-corrected chi connectivity index (χ1v) is 8.83. The fourth-order valence-electron chi connectivity index (χ4n) is 2.94. The highest BCUT2D eigenvalue weighted by Crippen LogP contribution is 2.31. The van der Waals surface area contributed by atoms with Gasteiger partial charge in [0.2, 0.25) is 0 Å². The van der Waals surface area contributed by atoms with Crippen LogP contribution in [0, 0.1) is 13.8 Å². The van der Waals surface area contributed by atoms with Gasteiger partial charge in [-0.15, -0.1) is 0 Å². The van der Waals surface area contributed by atoms with Gasteiger partial charge in [0, 0.05) is 23.5 Å². The van der Waals surface area contributed by atoms with Gasteiger partial charge in [0.15, 0.2) is 0 Å². The zero-order chi connectivity index (χ0) is 20.1. The molecule has 0 aliphatic rings. The SMILES string of the molecule is COc1ccc(OC)c(Nc2cc(C(=O)Nc3cc(C)cc(C)c3)ccn2)c1. The van der Waals surface area contributed by atoms with Crippen molar-refractivity contribution in [2.24, 2.45) is 0 Å². The van der Waals surface area contributed by atoms with Gasteiger partial charge >= 0.3 is 0 Å². The smallest absolute Gasteiger partial charge is 0.255 e. The van der Waals surface area contributed by atoms with Gasteiger partial charge in [-0.25, -0.2) is 4.98 Å². The molecular weight excluding hydrogens is 354 g/mol. The molecule has 6 heteroatoms. The number of ether oxygens (including phenoxy) is 2. The number of aryl methyl sites for hydroxylation is 2. The van der Waals surface area contributed by atoms with Crippen LogP contribution in [0.5, 0.6) is 11.5 Å². The Balaban J connectivity index is 1.81. The third-order valence-corrected chi connectivity index (χ3v) is 4.17. The van der Waals surface area contributed by atoms with Crippen molar-refractivity contribution in [2.75, 3.05) is 24.9 Å². The monoisotopic (exact) mass is 377 g/mol. The van der Waals surface area contributed by atoms with Crippen molar-refractivity contribution in [2.45, 2.75) is 13.8 Å². The predicted molar refractivity (Wildman–Crippen MR) is 111 cm³/mol. The molecule has 28 heavy (non-hydrogen) atoms. The van der Waals surface area contributed by atoms with Crippen LogP contribution in [0.4, 0.5) is 17.2 Å². The quantitative estimate of drug-likeness (QED) is 0.651. The van der Waals surface area contributed by atoms with Crippen LogP contribution in [0.15, 0.2) is 54.7 Å². The van der Waals surface area contributed by atoms with E-state index < -0.39 is 0 Å². The van der Waals surface area contributed by atoms with Crippen LogP contribution in [0.3, 0.4) is 0 Å². The van der Waals surface area contributed by atoms with Crippen LogP contribution in [0.25, 0.3) is 0 Å². The lowest BCUT2D eigenvalue weighted by molar-refractivity contribution is 0.102. The average Bonchev–Trinajstić information content (AvgIpc) is 2.67. The number of hydrogen-bond donors (Lipinski definition) is 2. The predicted octanol–water partition coefficient (Wildman–Crippen LogP) is 4.71. The molecule has 0 fully saturated rings. The molecule has 2 N–H and O–H groups in total. The number of carbonyl (C=O) groups excluding carboxylic acids is 1. The van der Waals surface area contributed by atoms with Gasteiger partial charge in [0.05, 0.1) is 19.9 Å². The van der Waals surface area contributed by atoms with Crippen LogP contribution in [-0.4, -0.2) is 25.1 Å². The van der Waals surface area contributed by atoms with Gasteiger partial charge in [-0.2, -0.15) is 0 Å². The van der Waals surface area contributed by atoms with Crippen LogP contribution < -0.4 is 20.1 Å². The molecule has 3 rings (SSSR count). The Kier molecular flexibility index (Phi) is 5.79. The number of amides is 1. The van der Waals surface area contributed by atoms with Gasteiger partial charge in [-0.1, -0.05) is 6.07 Å². The van der Waals surface area contributed by atoms with Gasteiger partial charge < -0.3 is 20.1 Å². The molecular formula is C22H23N3O3. The third kappa shape index (κ3) is 4.59. The topological polar surface area (TPSA) is 72.5 Å². The Morgan fingerprint density at radius 2 is 1.68 bits per heavy atom. The van der Waals surface area contributed by atoms with E-state index in [1.54, 1.807) is 38.6 Å². The number of benzene rings is 2. The normalized spacial score (nSPS) is 10.3. The van der Waals surface area contributed by atoms with Gasteiger partial charge in [0.1, 0.15) is 17.3 Å². The van der Waals surface area contributed by atoms with Crippen LogP contribution >= 0.6 is 0 Å². The second-order valence-corrected chi connectivity index (χ2v) is 6.45. The number of rotatable bonds is 6. The summed E-state index contributed by atoms with van der Waals surface area (Å²) in [5.74, 6) is 1.66. The molecule has 144 valence electrons. The summed E-state index contributed by atoms with van der Waals surface area (Å²) in [6.07, 6.45) is 1.59. The summed E-state index contributed by atoms with van der Waals surface area (Å²) in [5.41, 5.74) is 4.15. The molecule has 0 radical (unpaired) electrons. The van der Waals surface area contributed by atoms with E-state index in [1.165, 1.54) is 0 Å². The summed E-state index contributed by atoms with van der Waals surface area (Å²) in [4.78, 5) is 16.9. The maximum Gasteiger partial charge on any atom is 0.255 e. The van der Waals surface area contributed by atoms with E-state index in [-0.39, 0.29) is 5.91 Å². The first-order valence-electron chi connectivity index (χ1n) is 8.83. The first kappa shape index (κ1) is 19.2. The molecule has 0 bridgehead atoms. The van der Waals surface area contributed by atoms with Crippen molar-refractivity contribution in [1.29, 1.82) is 0 Å². The summed E-state index contributed by atoms with van der Waals surface area (Å²) in [6, 6.07) is 14.7. The fourth-order valence-corrected chi connectivity index (χ4v) is 2.94. The molecule has 0 atom stereocenters. The van der Waals surface area contributed by atoms with Crippen molar-refractivity contribution >= 4 is 23.1 Å². The molecule has 0 aliphatic carbocycles. The van der Waals surface area contributed by atoms with Crippen molar-refractivity contribution in [3.05, 3.63) is 71.4 Å². The lowest BCUT2D eigenvalue weighted by Crippen LogP contribution is -2.12. The van der Waals surface area contributed by atoms with E-state index in [9.17, 15) is 4.79 Å². The summed E-state index contributed by atoms with van der Waals surface area (Å²) >= 11 is 0. The molecule has 0 aliphatic heterocycles. The molecule has 1 amide bonds. The molecule has 0 unspecified atom stereocenters. The average molecular weight is 377 g/mol. The maximum atomic E-state index is 12.7. The third-order valence-electron chi connectivity index (χ3n) is 4.17. The zero-order valence-electron chi connectivity index (χ0n) is 16.4. The maximum absolute atomic E-state index is 12.7. The van der Waals surface area contributed by atoms with Crippen LogP contribution in [-0.2, 0) is 0 Å². The minimum atomic E-state index is -0.201. The second kappa shape index (κ2) is 8.43. The van der Waals surface area contributed by atoms with Gasteiger partial charge in [-0.3, -0.25) is 4.79 Å². The Morgan fingerprint density at radius 3 is 2.36 bits per heavy atom. The number of nitrogens with one attached hydrogen (secondary N) is 2. The molecule has 2 aromatic carbocycles. The summed E-state index contributed by atoms with van der Waals surface area (Å²) in [6.45, 7) is 4.00. The lowest BCUT2D eigenvalue weighted by Gasteiger charge is -2.13. The Hall–Kier alpha value is -3.54. The van der Waals surface area contributed by atoms with Crippen LogP contribution in [0.1, 0.15) is 21.5 Å². The minimum Gasteiger partial charge on any atom is -0.497 e. The number of hydrogen-bond acceptors (Lipinski definition) is 5. The van der Waals surface area contributed by atoms with Gasteiger partial charge in [0.25, 0.3) is 5.91 Å². The van der Waals surface area contributed by atoms with E-state index in [0.717, 1.165) is 16.8 Å². The van der Waals surface area contributed by atoms with Crippen molar-refractivity contribution < 1.29 is 14.3 Å². The molecule has 0 spiro atoms. The number of methoxy groups -OCH3 is 2. The Labute approximate surface area is 164 Å². The number of carbonyl (C=O) groups is 1. The highest BCUT2D eigenvalue weighted by Gasteiger charge is 2.10. The van der Waals surface area contributed by atoms with E-state index in [0.29, 0.717) is 28.6 Å². The minimum absolute atomic E-state index is 0.201. The van der Waals surface area contributed by atoms with Gasteiger partial charge in [-0.05, 0) is 61.4 Å². The molecule has 0 saturated carbocycles. The van der Waals surface area contributed by atoms with Crippen LogP contribution in [0.2, 0.25) is 0 Å². The number of nitrogens with zero attached hydrogens (tertiary/aromatic N) is 1. The molecule has 1 heterocycles. The number of aromatic nitrogens is 1. The lowest BCUT2D eigenvalue weighted by atomic mass is 10.1. The number of pyridine rings is 1. The van der Waals surface area contributed by atoms with E-state index in [4.69, 9.17) is 9.47 Å². The zero-order valence-corrected chi connectivity index (χ0v) is 16.4. The largest absolute Gasteiger partial charge is 0.497 e. The first-order chi connectivity index (χ1) is 13.5. The Morgan fingerprint density at radius 1 is 0.929 bits per heavy atom. The van der Waals surface area contributed by atoms with E-state index in [2.05, 4.69) is 21.7 Å². The van der Waals surface area contributed by atoms with Crippen molar-refractivity contribution in [3.8, 4) is 11.5 Å². The summed E-state index contributed by atoms with van der Waals surface area (Å²) in [5, 5.41) is 6.11. The fraction of sp³-hybridized carbons (Fsp3) is 0.182. The number of anilines is 3. The van der Waals surface area contributed by atoms with E-state index >= 15 is 0 Å². The molecule has 6 nitrogen and oxygen atoms in total. The standard InChI is InChI=1S/C22H23N3O3/c1-14-9-15(2)11-17(10-14)24-22(26)16-7-8-23-21(12-16)25-19-13-18(27-3)5-6-20(19)28-4/h5-13H,1-4H3,(H,23,25)(H,24,26). The molecule has 1 aromatic heterocycles. The second-order valence-electron chi connectivity index (χ2n) is 6.45. The highest BCUT2D eigenvalue weighted by atomic mass is 16.5. The molecule has 3 aromatic rings. The summed E-state index contributed by atoms with van der Waals surface area (Å²) < 4.78 is 10.6. The highest BCUT2D eigenvalue weighted by molar-refractivity contribution is 6.04. The summed E-state index contributed by atoms with van der Waals surface area (Å²) in [7, 11) is 3.19. The van der Waals surface area contributed by atoms with E-state index in [1.807, 2.05) is 38.1 Å². The van der Waals surface area contributed by atoms with Crippen molar-refractivity contribution in [3.63, 3.8) is 0 Å². The Bertz CT molecular complexity index is 982. The van der Waals surface area contributed by atoms with Crippen molar-refractivity contribution in [1.82, 2.24) is 4.98 Å².